The zero-order valence-corrected chi connectivity index (χ0v) is 14.6. The summed E-state index contributed by atoms with van der Waals surface area (Å²) >= 11 is 2.30. The Morgan fingerprint density at radius 1 is 1.14 bits per heavy atom. The van der Waals surface area contributed by atoms with Gasteiger partial charge in [-0.2, -0.15) is 0 Å². The van der Waals surface area contributed by atoms with E-state index in [4.69, 9.17) is 0 Å². The third-order valence-electron chi connectivity index (χ3n) is 4.92. The molecule has 21 heavy (non-hydrogen) atoms. The minimum absolute atomic E-state index is 0.0236. The third kappa shape index (κ3) is 3.77. The molecule has 2 fully saturated rings. The Bertz CT molecular complexity index is 450. The van der Waals surface area contributed by atoms with E-state index in [1.807, 2.05) is 6.07 Å². The lowest BCUT2D eigenvalue weighted by Crippen LogP contribution is -2.47. The number of halogens is 2. The Morgan fingerprint density at radius 2 is 1.86 bits per heavy atom. The van der Waals surface area contributed by atoms with E-state index in [0.717, 1.165) is 35.3 Å². The van der Waals surface area contributed by atoms with Gasteiger partial charge in [-0.3, -0.25) is 4.90 Å². The van der Waals surface area contributed by atoms with E-state index in [1.54, 1.807) is 6.07 Å². The first kappa shape index (κ1) is 15.7. The molecule has 4 heteroatoms. The van der Waals surface area contributed by atoms with Crippen LogP contribution in [0.5, 0.6) is 0 Å². The van der Waals surface area contributed by atoms with Gasteiger partial charge in [0.25, 0.3) is 0 Å². The summed E-state index contributed by atoms with van der Waals surface area (Å²) in [5.74, 6) is 0.592. The van der Waals surface area contributed by atoms with Crippen LogP contribution in [0.15, 0.2) is 18.2 Å². The second kappa shape index (κ2) is 7.38. The van der Waals surface area contributed by atoms with Crippen molar-refractivity contribution in [3.63, 3.8) is 0 Å². The van der Waals surface area contributed by atoms with Gasteiger partial charge in [-0.25, -0.2) is 4.39 Å². The van der Waals surface area contributed by atoms with E-state index in [9.17, 15) is 4.39 Å². The Kier molecular flexibility index (Phi) is 5.51. The standard InChI is InChI=1S/C17H24FIN2/c18-16-7-6-14(19)12-15(16)17(13-4-2-1-3-5-13)21-10-8-20-9-11-21/h6-7,12-13,17,20H,1-5,8-11H2/t17-/m0/s1. The molecule has 1 aromatic rings. The van der Waals surface area contributed by atoms with Gasteiger partial charge in [0, 0.05) is 41.4 Å². The van der Waals surface area contributed by atoms with Gasteiger partial charge in [-0.1, -0.05) is 19.3 Å². The van der Waals surface area contributed by atoms with E-state index in [-0.39, 0.29) is 11.9 Å². The van der Waals surface area contributed by atoms with Crippen LogP contribution in [-0.2, 0) is 0 Å². The van der Waals surface area contributed by atoms with Crippen molar-refractivity contribution >= 4 is 22.6 Å². The molecule has 0 unspecified atom stereocenters. The van der Waals surface area contributed by atoms with Crippen molar-refractivity contribution in [2.24, 2.45) is 5.92 Å². The molecule has 1 saturated carbocycles. The first-order valence-electron chi connectivity index (χ1n) is 8.15. The largest absolute Gasteiger partial charge is 0.314 e. The summed E-state index contributed by atoms with van der Waals surface area (Å²) in [6.45, 7) is 4.11. The number of piperazine rings is 1. The topological polar surface area (TPSA) is 15.3 Å². The molecule has 1 aromatic carbocycles. The molecule has 0 bridgehead atoms. The lowest BCUT2D eigenvalue weighted by Gasteiger charge is -2.41. The third-order valence-corrected chi connectivity index (χ3v) is 5.59. The monoisotopic (exact) mass is 402 g/mol. The van der Waals surface area contributed by atoms with Crippen molar-refractivity contribution in [3.8, 4) is 0 Å². The van der Waals surface area contributed by atoms with E-state index < -0.39 is 0 Å². The smallest absolute Gasteiger partial charge is 0.128 e. The van der Waals surface area contributed by atoms with Crippen molar-refractivity contribution in [2.75, 3.05) is 26.2 Å². The minimum atomic E-state index is -0.0236. The predicted molar refractivity (Wildman–Crippen MR) is 92.9 cm³/mol. The fraction of sp³-hybridized carbons (Fsp3) is 0.647. The van der Waals surface area contributed by atoms with Crippen molar-refractivity contribution in [1.29, 1.82) is 0 Å². The second-order valence-electron chi connectivity index (χ2n) is 6.29. The first-order valence-corrected chi connectivity index (χ1v) is 9.23. The predicted octanol–water partition coefficient (Wildman–Crippen LogP) is 3.96. The molecule has 1 heterocycles. The summed E-state index contributed by atoms with van der Waals surface area (Å²) in [6, 6.07) is 5.85. The van der Waals surface area contributed by atoms with Gasteiger partial charge >= 0.3 is 0 Å². The van der Waals surface area contributed by atoms with Crippen LogP contribution in [0.3, 0.4) is 0 Å². The SMILES string of the molecule is Fc1ccc(I)cc1[C@H](C1CCCCC1)N1CCNCC1. The Balaban J connectivity index is 1.91. The van der Waals surface area contributed by atoms with Gasteiger partial charge in [0.05, 0.1) is 0 Å². The molecule has 1 N–H and O–H groups in total. The lowest BCUT2D eigenvalue weighted by atomic mass is 9.80. The molecule has 0 amide bonds. The Hall–Kier alpha value is -0.200. The molecule has 1 aliphatic heterocycles. The molecule has 2 aliphatic rings. The summed E-state index contributed by atoms with van der Waals surface area (Å²) < 4.78 is 15.6. The second-order valence-corrected chi connectivity index (χ2v) is 7.54. The fourth-order valence-corrected chi connectivity index (χ4v) is 4.42. The summed E-state index contributed by atoms with van der Waals surface area (Å²) in [7, 11) is 0. The summed E-state index contributed by atoms with van der Waals surface area (Å²) in [5.41, 5.74) is 0.927. The van der Waals surface area contributed by atoms with Gasteiger partial charge in [-0.05, 0) is 59.5 Å². The normalized spacial score (nSPS) is 23.1. The Morgan fingerprint density at radius 3 is 2.57 bits per heavy atom. The molecular formula is C17H24FIN2. The molecule has 1 aliphatic carbocycles. The number of nitrogens with one attached hydrogen (secondary N) is 1. The van der Waals surface area contributed by atoms with Gasteiger partial charge in [0.2, 0.25) is 0 Å². The molecule has 2 nitrogen and oxygen atoms in total. The van der Waals surface area contributed by atoms with Crippen molar-refractivity contribution in [2.45, 2.75) is 38.1 Å². The summed E-state index contributed by atoms with van der Waals surface area (Å²) in [4.78, 5) is 2.51. The number of hydrogen-bond acceptors (Lipinski definition) is 2. The highest BCUT2D eigenvalue weighted by atomic mass is 127. The first-order chi connectivity index (χ1) is 10.3. The molecule has 0 radical (unpaired) electrons. The highest BCUT2D eigenvalue weighted by Crippen LogP contribution is 2.39. The summed E-state index contributed by atoms with van der Waals surface area (Å²) in [6.07, 6.45) is 6.45. The molecule has 0 aromatic heterocycles. The maximum atomic E-state index is 14.5. The molecule has 1 saturated heterocycles. The zero-order chi connectivity index (χ0) is 14.7. The number of hydrogen-bond donors (Lipinski definition) is 1. The fourth-order valence-electron chi connectivity index (χ4n) is 3.90. The van der Waals surface area contributed by atoms with Crippen LogP contribution in [0.2, 0.25) is 0 Å². The molecule has 116 valence electrons. The Labute approximate surface area is 140 Å². The molecule has 3 rings (SSSR count). The van der Waals surface area contributed by atoms with Gasteiger partial charge < -0.3 is 5.32 Å². The van der Waals surface area contributed by atoms with Gasteiger partial charge in [0.1, 0.15) is 5.82 Å². The average Bonchev–Trinajstić information content (AvgIpc) is 2.53. The minimum Gasteiger partial charge on any atom is -0.314 e. The van der Waals surface area contributed by atoms with Crippen molar-refractivity contribution in [1.82, 2.24) is 10.2 Å². The van der Waals surface area contributed by atoms with Crippen molar-refractivity contribution < 1.29 is 4.39 Å². The molecular weight excluding hydrogens is 378 g/mol. The maximum Gasteiger partial charge on any atom is 0.128 e. The van der Waals surface area contributed by atoms with E-state index in [2.05, 4.69) is 38.9 Å². The van der Waals surface area contributed by atoms with Gasteiger partial charge in [0.15, 0.2) is 0 Å². The van der Waals surface area contributed by atoms with Gasteiger partial charge in [-0.15, -0.1) is 0 Å². The summed E-state index contributed by atoms with van der Waals surface area (Å²) in [5, 5.41) is 3.41. The van der Waals surface area contributed by atoms with Crippen LogP contribution in [0, 0.1) is 15.3 Å². The zero-order valence-electron chi connectivity index (χ0n) is 12.5. The average molecular weight is 402 g/mol. The van der Waals surface area contributed by atoms with Crippen LogP contribution in [-0.4, -0.2) is 31.1 Å². The quantitative estimate of drug-likeness (QED) is 0.771. The number of rotatable bonds is 3. The number of benzene rings is 1. The molecule has 1 atom stereocenters. The molecule has 0 spiro atoms. The van der Waals surface area contributed by atoms with Crippen LogP contribution >= 0.6 is 22.6 Å². The lowest BCUT2D eigenvalue weighted by molar-refractivity contribution is 0.100. The van der Waals surface area contributed by atoms with Crippen LogP contribution in [0.1, 0.15) is 43.7 Å². The highest BCUT2D eigenvalue weighted by molar-refractivity contribution is 14.1. The van der Waals surface area contributed by atoms with E-state index in [1.165, 1.54) is 32.1 Å². The number of nitrogens with zero attached hydrogens (tertiary/aromatic N) is 1. The van der Waals surface area contributed by atoms with Crippen LogP contribution < -0.4 is 5.32 Å². The van der Waals surface area contributed by atoms with E-state index >= 15 is 0 Å². The van der Waals surface area contributed by atoms with E-state index in [0.29, 0.717) is 5.92 Å². The highest BCUT2D eigenvalue weighted by Gasteiger charge is 2.32. The maximum absolute atomic E-state index is 14.5. The van der Waals surface area contributed by atoms with Crippen LogP contribution in [0.25, 0.3) is 0 Å². The van der Waals surface area contributed by atoms with Crippen LogP contribution in [0.4, 0.5) is 4.39 Å². The van der Waals surface area contributed by atoms with Crippen molar-refractivity contribution in [3.05, 3.63) is 33.1 Å².